The number of hydrogen-bond acceptors (Lipinski definition) is 4. The highest BCUT2D eigenvalue weighted by atomic mass is 16.5. The minimum absolute atomic E-state index is 0.278. The van der Waals surface area contributed by atoms with Gasteiger partial charge in [-0.25, -0.2) is 0 Å². The molecule has 0 saturated carbocycles. The first-order chi connectivity index (χ1) is 5.86. The molecule has 0 aliphatic carbocycles. The van der Waals surface area contributed by atoms with Crippen molar-refractivity contribution >= 4 is 5.69 Å². The molecule has 1 unspecified atom stereocenters. The summed E-state index contributed by atoms with van der Waals surface area (Å²) in [5.74, 6) is 0.752. The molecule has 0 spiro atoms. The quantitative estimate of drug-likeness (QED) is 0.715. The molecular weight excluding hydrogens is 156 g/mol. The summed E-state index contributed by atoms with van der Waals surface area (Å²) in [5.41, 5.74) is 6.24. The van der Waals surface area contributed by atoms with Crippen LogP contribution >= 0.6 is 0 Å². The van der Waals surface area contributed by atoms with Gasteiger partial charge in [-0.05, 0) is 12.8 Å². The minimum Gasteiger partial charge on any atom is -0.395 e. The van der Waals surface area contributed by atoms with Gasteiger partial charge >= 0.3 is 0 Å². The van der Waals surface area contributed by atoms with E-state index in [0.29, 0.717) is 5.69 Å². The van der Waals surface area contributed by atoms with Gasteiger partial charge in [-0.1, -0.05) is 5.16 Å². The maximum Gasteiger partial charge on any atom is 0.162 e. The first kappa shape index (κ1) is 7.61. The highest BCUT2D eigenvalue weighted by Gasteiger charge is 2.19. The third-order valence-corrected chi connectivity index (χ3v) is 2.11. The van der Waals surface area contributed by atoms with E-state index < -0.39 is 0 Å². The number of aromatic nitrogens is 1. The van der Waals surface area contributed by atoms with Crippen molar-refractivity contribution < 1.29 is 9.26 Å². The van der Waals surface area contributed by atoms with Crippen molar-refractivity contribution in [1.82, 2.24) is 5.16 Å². The van der Waals surface area contributed by atoms with Crippen molar-refractivity contribution in [2.24, 2.45) is 0 Å². The Morgan fingerprint density at radius 3 is 3.17 bits per heavy atom. The molecule has 1 aromatic heterocycles. The van der Waals surface area contributed by atoms with Gasteiger partial charge in [0.15, 0.2) is 5.76 Å². The molecule has 1 aliphatic rings. The molecule has 2 heterocycles. The van der Waals surface area contributed by atoms with Gasteiger partial charge in [-0.15, -0.1) is 0 Å². The molecule has 0 aromatic carbocycles. The molecule has 4 nitrogen and oxygen atoms in total. The van der Waals surface area contributed by atoms with Gasteiger partial charge < -0.3 is 15.0 Å². The summed E-state index contributed by atoms with van der Waals surface area (Å²) in [5, 5.41) is 3.61. The molecular formula is C8H12N2O2. The molecule has 66 valence electrons. The van der Waals surface area contributed by atoms with Gasteiger partial charge in [0, 0.05) is 13.0 Å². The van der Waals surface area contributed by atoms with Crippen LogP contribution in [0.1, 0.15) is 18.6 Å². The lowest BCUT2D eigenvalue weighted by Crippen LogP contribution is -2.09. The Morgan fingerprint density at radius 2 is 2.58 bits per heavy atom. The number of anilines is 1. The van der Waals surface area contributed by atoms with Crippen LogP contribution in [0.3, 0.4) is 0 Å². The van der Waals surface area contributed by atoms with E-state index in [0.717, 1.165) is 31.6 Å². The summed E-state index contributed by atoms with van der Waals surface area (Å²) < 4.78 is 10.4. The predicted octanol–water partition coefficient (Wildman–Crippen LogP) is 0.978. The first-order valence-corrected chi connectivity index (χ1v) is 4.17. The second-order valence-corrected chi connectivity index (χ2v) is 3.04. The van der Waals surface area contributed by atoms with E-state index in [4.69, 9.17) is 15.0 Å². The molecule has 2 N–H and O–H groups in total. The van der Waals surface area contributed by atoms with Crippen LogP contribution in [0.25, 0.3) is 0 Å². The molecule has 12 heavy (non-hydrogen) atoms. The van der Waals surface area contributed by atoms with Crippen LogP contribution in [0.2, 0.25) is 0 Å². The summed E-state index contributed by atoms with van der Waals surface area (Å²) in [6.07, 6.45) is 4.80. The minimum atomic E-state index is 0.278. The zero-order chi connectivity index (χ0) is 8.39. The van der Waals surface area contributed by atoms with Gasteiger partial charge in [-0.3, -0.25) is 0 Å². The lowest BCUT2D eigenvalue weighted by atomic mass is 10.1. The van der Waals surface area contributed by atoms with Crippen molar-refractivity contribution in [1.29, 1.82) is 0 Å². The van der Waals surface area contributed by atoms with Crippen molar-refractivity contribution in [2.75, 3.05) is 12.3 Å². The van der Waals surface area contributed by atoms with E-state index in [1.54, 1.807) is 0 Å². The Bertz CT molecular complexity index is 253. The van der Waals surface area contributed by atoms with Crippen molar-refractivity contribution in [3.63, 3.8) is 0 Å². The highest BCUT2D eigenvalue weighted by molar-refractivity contribution is 5.38. The van der Waals surface area contributed by atoms with E-state index >= 15 is 0 Å². The largest absolute Gasteiger partial charge is 0.395 e. The van der Waals surface area contributed by atoms with E-state index in [2.05, 4.69) is 5.16 Å². The predicted molar refractivity (Wildman–Crippen MR) is 43.6 cm³/mol. The van der Waals surface area contributed by atoms with E-state index in [1.807, 2.05) is 0 Å². The molecule has 1 fully saturated rings. The van der Waals surface area contributed by atoms with E-state index in [9.17, 15) is 0 Å². The average molecular weight is 168 g/mol. The molecule has 2 rings (SSSR count). The third-order valence-electron chi connectivity index (χ3n) is 2.11. The third kappa shape index (κ3) is 1.43. The normalized spacial score (nSPS) is 23.2. The molecule has 0 amide bonds. The molecule has 1 saturated heterocycles. The van der Waals surface area contributed by atoms with Crippen LogP contribution in [0.5, 0.6) is 0 Å². The number of rotatable bonds is 2. The van der Waals surface area contributed by atoms with E-state index in [1.165, 1.54) is 6.20 Å². The number of hydrogen-bond donors (Lipinski definition) is 1. The second kappa shape index (κ2) is 3.15. The highest BCUT2D eigenvalue weighted by Crippen LogP contribution is 2.20. The topological polar surface area (TPSA) is 61.3 Å². The molecule has 4 heteroatoms. The number of nitrogens with zero attached hydrogens (tertiary/aromatic N) is 1. The lowest BCUT2D eigenvalue weighted by molar-refractivity contribution is 0.105. The zero-order valence-corrected chi connectivity index (χ0v) is 6.82. The summed E-state index contributed by atoms with van der Waals surface area (Å²) in [7, 11) is 0. The Morgan fingerprint density at radius 1 is 1.67 bits per heavy atom. The Hall–Kier alpha value is -1.03. The fourth-order valence-corrected chi connectivity index (χ4v) is 1.44. The summed E-state index contributed by atoms with van der Waals surface area (Å²) in [6.45, 7) is 0.860. The van der Waals surface area contributed by atoms with Crippen molar-refractivity contribution in [2.45, 2.75) is 25.4 Å². The number of nitrogens with two attached hydrogens (primary N) is 1. The lowest BCUT2D eigenvalue weighted by Gasteiger charge is -2.05. The number of ether oxygens (including phenoxy) is 1. The first-order valence-electron chi connectivity index (χ1n) is 4.17. The van der Waals surface area contributed by atoms with Crippen LogP contribution in [-0.4, -0.2) is 17.9 Å². The fourth-order valence-electron chi connectivity index (χ4n) is 1.44. The standard InChI is InChI=1S/C8H12N2O2/c9-7-5-10-12-8(7)4-6-2-1-3-11-6/h5-6H,1-4,9H2. The Labute approximate surface area is 70.7 Å². The Kier molecular flexibility index (Phi) is 1.99. The van der Waals surface area contributed by atoms with Crippen LogP contribution in [-0.2, 0) is 11.2 Å². The van der Waals surface area contributed by atoms with Crippen molar-refractivity contribution in [3.05, 3.63) is 12.0 Å². The zero-order valence-electron chi connectivity index (χ0n) is 6.82. The van der Waals surface area contributed by atoms with Gasteiger partial charge in [0.25, 0.3) is 0 Å². The Balaban J connectivity index is 1.98. The van der Waals surface area contributed by atoms with E-state index in [-0.39, 0.29) is 6.10 Å². The summed E-state index contributed by atoms with van der Waals surface area (Å²) in [4.78, 5) is 0. The molecule has 1 aliphatic heterocycles. The molecule has 0 radical (unpaired) electrons. The SMILES string of the molecule is Nc1cnoc1CC1CCCO1. The van der Waals surface area contributed by atoms with Crippen LogP contribution < -0.4 is 5.73 Å². The molecule has 1 aromatic rings. The van der Waals surface area contributed by atoms with Gasteiger partial charge in [0.05, 0.1) is 18.0 Å². The van der Waals surface area contributed by atoms with Crippen molar-refractivity contribution in [3.8, 4) is 0 Å². The van der Waals surface area contributed by atoms with Gasteiger partial charge in [0.2, 0.25) is 0 Å². The van der Waals surface area contributed by atoms with Gasteiger partial charge in [0.1, 0.15) is 0 Å². The number of nitrogen functional groups attached to an aromatic ring is 1. The summed E-state index contributed by atoms with van der Waals surface area (Å²) >= 11 is 0. The average Bonchev–Trinajstić information content (AvgIpc) is 2.65. The van der Waals surface area contributed by atoms with Gasteiger partial charge in [-0.2, -0.15) is 0 Å². The fraction of sp³-hybridized carbons (Fsp3) is 0.625. The summed E-state index contributed by atoms with van der Waals surface area (Å²) in [6, 6.07) is 0. The van der Waals surface area contributed by atoms with Crippen LogP contribution in [0, 0.1) is 0 Å². The van der Waals surface area contributed by atoms with Crippen LogP contribution in [0.15, 0.2) is 10.7 Å². The maximum atomic E-state index is 5.61. The monoisotopic (exact) mass is 168 g/mol. The maximum absolute atomic E-state index is 5.61. The molecule has 1 atom stereocenters. The smallest absolute Gasteiger partial charge is 0.162 e. The van der Waals surface area contributed by atoms with Crippen LogP contribution in [0.4, 0.5) is 5.69 Å². The molecule has 0 bridgehead atoms. The second-order valence-electron chi connectivity index (χ2n) is 3.04.